The van der Waals surface area contributed by atoms with Crippen LogP contribution >= 0.6 is 0 Å². The van der Waals surface area contributed by atoms with Crippen molar-refractivity contribution in [3.05, 3.63) is 53.1 Å². The molecule has 0 aliphatic rings. The molecule has 2 amide bonds. The summed E-state index contributed by atoms with van der Waals surface area (Å²) in [6.45, 7) is 10.3. The summed E-state index contributed by atoms with van der Waals surface area (Å²) in [6, 6.07) is 5.24. The average molecular weight is 453 g/mol. The molecular formula is C24H27N3O6. The van der Waals surface area contributed by atoms with Crippen molar-refractivity contribution in [2.75, 3.05) is 25.0 Å². The molecule has 1 N–H and O–H groups in total. The number of likely N-dealkylation sites (N-methyl/N-ethyl adjacent to an activating group) is 1. The topological polar surface area (TPSA) is 115 Å². The van der Waals surface area contributed by atoms with Crippen LogP contribution in [0.5, 0.6) is 0 Å². The number of furan rings is 1. The summed E-state index contributed by atoms with van der Waals surface area (Å²) < 4.78 is 15.8. The monoisotopic (exact) mass is 453 g/mol. The van der Waals surface area contributed by atoms with Crippen LogP contribution in [-0.2, 0) is 9.53 Å². The molecule has 0 spiro atoms. The third-order valence-corrected chi connectivity index (χ3v) is 5.25. The van der Waals surface area contributed by atoms with Crippen LogP contribution in [-0.4, -0.2) is 47.5 Å². The van der Waals surface area contributed by atoms with Gasteiger partial charge in [0.25, 0.3) is 5.91 Å². The number of nitrogens with zero attached hydrogens (tertiary/aromatic N) is 2. The van der Waals surface area contributed by atoms with Crippen molar-refractivity contribution in [1.82, 2.24) is 10.1 Å². The Balaban J connectivity index is 2.07. The highest BCUT2D eigenvalue weighted by Crippen LogP contribution is 2.34. The number of hydrogen-bond acceptors (Lipinski definition) is 7. The number of allylic oxidation sites excluding steroid dienone is 1. The lowest BCUT2D eigenvalue weighted by molar-refractivity contribution is -0.125. The van der Waals surface area contributed by atoms with Crippen LogP contribution in [0.3, 0.4) is 0 Å². The Bertz CT molecular complexity index is 1220. The maximum absolute atomic E-state index is 12.8. The highest BCUT2D eigenvalue weighted by atomic mass is 16.5. The molecule has 9 heteroatoms. The van der Waals surface area contributed by atoms with Crippen molar-refractivity contribution < 1.29 is 28.1 Å². The Labute approximate surface area is 191 Å². The summed E-state index contributed by atoms with van der Waals surface area (Å²) in [7, 11) is 0. The molecule has 0 unspecified atom stereocenters. The quantitative estimate of drug-likeness (QED) is 0.396. The fraction of sp³-hybridized carbons (Fsp3) is 0.333. The largest absolute Gasteiger partial charge is 0.460 e. The van der Waals surface area contributed by atoms with Crippen molar-refractivity contribution in [2.24, 2.45) is 0 Å². The van der Waals surface area contributed by atoms with Gasteiger partial charge >= 0.3 is 5.97 Å². The van der Waals surface area contributed by atoms with Crippen molar-refractivity contribution in [1.29, 1.82) is 0 Å². The summed E-state index contributed by atoms with van der Waals surface area (Å²) in [4.78, 5) is 39.5. The third-order valence-electron chi connectivity index (χ3n) is 5.25. The number of nitrogens with one attached hydrogen (secondary N) is 1. The molecule has 2 heterocycles. The first-order valence-corrected chi connectivity index (χ1v) is 10.7. The van der Waals surface area contributed by atoms with Crippen molar-refractivity contribution in [3.63, 3.8) is 0 Å². The highest BCUT2D eigenvalue weighted by molar-refractivity contribution is 6.14. The molecule has 0 radical (unpaired) electrons. The van der Waals surface area contributed by atoms with Crippen LogP contribution in [0.25, 0.3) is 16.5 Å². The molecule has 0 saturated carbocycles. The van der Waals surface area contributed by atoms with Crippen molar-refractivity contribution in [3.8, 4) is 0 Å². The Morgan fingerprint density at radius 1 is 1.18 bits per heavy atom. The van der Waals surface area contributed by atoms with Crippen LogP contribution in [0.2, 0.25) is 0 Å². The van der Waals surface area contributed by atoms with Gasteiger partial charge in [-0.15, -0.1) is 0 Å². The van der Waals surface area contributed by atoms with E-state index < -0.39 is 11.9 Å². The second kappa shape index (κ2) is 10.2. The zero-order valence-electron chi connectivity index (χ0n) is 19.4. The lowest BCUT2D eigenvalue weighted by atomic mass is 10.0. The fourth-order valence-electron chi connectivity index (χ4n) is 3.40. The highest BCUT2D eigenvalue weighted by Gasteiger charge is 2.25. The van der Waals surface area contributed by atoms with E-state index in [9.17, 15) is 14.4 Å². The summed E-state index contributed by atoms with van der Waals surface area (Å²) in [5.41, 5.74) is 2.28. The number of aromatic nitrogens is 1. The lowest BCUT2D eigenvalue weighted by Crippen LogP contribution is -2.28. The molecule has 174 valence electrons. The van der Waals surface area contributed by atoms with Crippen LogP contribution in [0.15, 0.2) is 39.4 Å². The Morgan fingerprint density at radius 3 is 2.52 bits per heavy atom. The molecule has 0 aliphatic heterocycles. The molecule has 0 atom stereocenters. The molecular weight excluding hydrogens is 426 g/mol. The zero-order chi connectivity index (χ0) is 24.1. The van der Waals surface area contributed by atoms with Crippen LogP contribution in [0, 0.1) is 6.92 Å². The first-order chi connectivity index (χ1) is 15.8. The third kappa shape index (κ3) is 4.97. The van der Waals surface area contributed by atoms with Gasteiger partial charge in [-0.2, -0.15) is 0 Å². The van der Waals surface area contributed by atoms with Gasteiger partial charge in [0.15, 0.2) is 0 Å². The van der Waals surface area contributed by atoms with E-state index >= 15 is 0 Å². The van der Waals surface area contributed by atoms with E-state index in [2.05, 4.69) is 10.5 Å². The lowest BCUT2D eigenvalue weighted by Gasteiger charge is -2.16. The van der Waals surface area contributed by atoms with E-state index in [1.54, 1.807) is 43.0 Å². The number of fused-ring (bicyclic) bond motifs is 1. The van der Waals surface area contributed by atoms with Gasteiger partial charge in [0.2, 0.25) is 11.7 Å². The maximum Gasteiger partial charge on any atom is 0.376 e. The van der Waals surface area contributed by atoms with E-state index in [1.165, 1.54) is 6.20 Å². The summed E-state index contributed by atoms with van der Waals surface area (Å²) >= 11 is 0. The molecule has 0 fully saturated rings. The van der Waals surface area contributed by atoms with Crippen LogP contribution in [0.1, 0.15) is 59.9 Å². The first kappa shape index (κ1) is 23.8. The smallest absolute Gasteiger partial charge is 0.376 e. The minimum Gasteiger partial charge on any atom is -0.460 e. The maximum atomic E-state index is 12.8. The minimum absolute atomic E-state index is 0.0894. The molecule has 2 aromatic heterocycles. The number of aryl methyl sites for hydroxylation is 1. The van der Waals surface area contributed by atoms with Gasteiger partial charge in [0.05, 0.1) is 12.8 Å². The first-order valence-electron chi connectivity index (χ1n) is 10.7. The molecule has 0 bridgehead atoms. The van der Waals surface area contributed by atoms with Gasteiger partial charge in [0, 0.05) is 24.6 Å². The Morgan fingerprint density at radius 2 is 1.91 bits per heavy atom. The van der Waals surface area contributed by atoms with E-state index in [4.69, 9.17) is 13.7 Å². The SMILES string of the molecule is CCOC(=O)c1oc2ccc(/C(C)=C/C(=O)N(CC)CC)cc2c1NC(=O)c1cnoc1C. The number of benzene rings is 1. The predicted octanol–water partition coefficient (Wildman–Crippen LogP) is 4.43. The van der Waals surface area contributed by atoms with Gasteiger partial charge in [-0.1, -0.05) is 11.2 Å². The minimum atomic E-state index is -0.698. The number of esters is 1. The number of amides is 2. The van der Waals surface area contributed by atoms with Crippen LogP contribution in [0.4, 0.5) is 5.69 Å². The molecule has 0 saturated heterocycles. The fourth-order valence-corrected chi connectivity index (χ4v) is 3.40. The number of carbonyl (C=O) groups is 3. The molecule has 33 heavy (non-hydrogen) atoms. The average Bonchev–Trinajstić information content (AvgIpc) is 3.38. The molecule has 3 rings (SSSR count). The van der Waals surface area contributed by atoms with Gasteiger partial charge in [-0.05, 0) is 57.9 Å². The zero-order valence-corrected chi connectivity index (χ0v) is 19.4. The standard InChI is InChI=1S/C24H27N3O6/c1-6-27(7-2)20(28)11-14(4)16-9-10-19-17(12-16)21(22(32-19)24(30)31-8-3)26-23(29)18-13-25-33-15(18)5/h9-13H,6-8H2,1-5H3,(H,26,29)/b14-11+. The number of anilines is 1. The molecule has 9 nitrogen and oxygen atoms in total. The van der Waals surface area contributed by atoms with E-state index in [0.717, 1.165) is 11.1 Å². The number of hydrogen-bond donors (Lipinski definition) is 1. The Hall–Kier alpha value is -3.88. The van der Waals surface area contributed by atoms with Crippen molar-refractivity contribution >= 4 is 40.0 Å². The van der Waals surface area contributed by atoms with E-state index in [0.29, 0.717) is 29.8 Å². The van der Waals surface area contributed by atoms with Gasteiger partial charge < -0.3 is 23.9 Å². The predicted molar refractivity (Wildman–Crippen MR) is 123 cm³/mol. The van der Waals surface area contributed by atoms with E-state index in [1.807, 2.05) is 20.8 Å². The molecule has 1 aromatic carbocycles. The normalized spacial score (nSPS) is 11.5. The van der Waals surface area contributed by atoms with Crippen molar-refractivity contribution in [2.45, 2.75) is 34.6 Å². The Kier molecular flexibility index (Phi) is 7.32. The summed E-state index contributed by atoms with van der Waals surface area (Å²) in [6.07, 6.45) is 2.87. The molecule has 0 aliphatic carbocycles. The van der Waals surface area contributed by atoms with Crippen LogP contribution < -0.4 is 5.32 Å². The summed E-state index contributed by atoms with van der Waals surface area (Å²) in [5.74, 6) is -1.07. The number of carbonyl (C=O) groups excluding carboxylic acids is 3. The second-order valence-electron chi connectivity index (χ2n) is 7.33. The second-order valence-corrected chi connectivity index (χ2v) is 7.33. The molecule has 3 aromatic rings. The summed E-state index contributed by atoms with van der Waals surface area (Å²) in [5, 5.41) is 6.85. The van der Waals surface area contributed by atoms with Gasteiger partial charge in [-0.25, -0.2) is 4.79 Å². The number of rotatable bonds is 8. The van der Waals surface area contributed by atoms with E-state index in [-0.39, 0.29) is 29.5 Å². The van der Waals surface area contributed by atoms with Gasteiger partial charge in [-0.3, -0.25) is 9.59 Å². The van der Waals surface area contributed by atoms with Gasteiger partial charge in [0.1, 0.15) is 22.6 Å². The number of ether oxygens (including phenoxy) is 1.